The van der Waals surface area contributed by atoms with Crippen molar-refractivity contribution in [2.75, 3.05) is 46.1 Å². The fourth-order valence-electron chi connectivity index (χ4n) is 6.66. The second-order valence-electron chi connectivity index (χ2n) is 15.8. The minimum Gasteiger partial charge on any atom is -0.479 e. The fourth-order valence-corrected chi connectivity index (χ4v) is 6.66. The lowest BCUT2D eigenvalue weighted by Crippen LogP contribution is -2.59. The molecule has 0 spiro atoms. The number of rotatable bonds is 23. The first kappa shape index (κ1) is 44.8. The summed E-state index contributed by atoms with van der Waals surface area (Å²) in [5.41, 5.74) is 1.29. The molecule has 5 N–H and O–H groups in total. The molecular weight excluding hydrogens is 732 g/mol. The number of carbonyl (C=O) groups excluding carboxylic acids is 4. The maximum Gasteiger partial charge on any atom is 0.344 e. The van der Waals surface area contributed by atoms with Crippen LogP contribution in [0.4, 0.5) is 0 Å². The van der Waals surface area contributed by atoms with E-state index in [1.807, 2.05) is 93.3 Å². The monoisotopic (exact) mass is 792 g/mol. The van der Waals surface area contributed by atoms with Gasteiger partial charge in [0.15, 0.2) is 0 Å². The minimum atomic E-state index is -1.20. The van der Waals surface area contributed by atoms with E-state index in [0.717, 1.165) is 11.1 Å². The Hall–Kier alpha value is -4.86. The van der Waals surface area contributed by atoms with E-state index >= 15 is 0 Å². The van der Waals surface area contributed by atoms with Crippen molar-refractivity contribution in [2.45, 2.75) is 96.5 Å². The number of amides is 4. The minimum absolute atomic E-state index is 0.0135. The maximum absolute atomic E-state index is 14.3. The molecule has 4 rings (SSSR count). The van der Waals surface area contributed by atoms with E-state index in [2.05, 4.69) is 26.4 Å². The zero-order chi connectivity index (χ0) is 41.4. The number of hydrogen-bond donors (Lipinski definition) is 5. The molecule has 2 saturated heterocycles. The maximum atomic E-state index is 14.3. The number of hydrogen-bond acceptors (Lipinski definition) is 10. The number of oxime groups is 1. The van der Waals surface area contributed by atoms with E-state index in [0.29, 0.717) is 57.9 Å². The molecule has 57 heavy (non-hydrogen) atoms. The first-order valence-corrected chi connectivity index (χ1v) is 19.9. The second kappa shape index (κ2) is 22.2. The van der Waals surface area contributed by atoms with Gasteiger partial charge in [0.25, 0.3) is 0 Å². The van der Waals surface area contributed by atoms with Crippen LogP contribution in [-0.4, -0.2) is 121 Å². The fraction of sp³-hybridized carbons (Fsp3) is 0.571. The molecule has 0 aromatic heterocycles. The molecule has 4 amide bonds. The van der Waals surface area contributed by atoms with Crippen LogP contribution >= 0.6 is 0 Å². The Kier molecular flexibility index (Phi) is 17.4. The van der Waals surface area contributed by atoms with Crippen molar-refractivity contribution in [1.29, 1.82) is 0 Å². The zero-order valence-electron chi connectivity index (χ0n) is 33.8. The molecule has 312 valence electrons. The Labute approximate surface area is 335 Å². The van der Waals surface area contributed by atoms with Crippen LogP contribution in [0.25, 0.3) is 0 Å². The summed E-state index contributed by atoms with van der Waals surface area (Å²) in [7, 11) is 0. The molecule has 0 unspecified atom stereocenters. The molecule has 15 heteroatoms. The van der Waals surface area contributed by atoms with Gasteiger partial charge in [-0.1, -0.05) is 93.5 Å². The Balaban J connectivity index is 1.55. The van der Waals surface area contributed by atoms with Crippen LogP contribution in [0.15, 0.2) is 65.8 Å². The summed E-state index contributed by atoms with van der Waals surface area (Å²) in [5, 5.41) is 25.1. The molecule has 2 aromatic rings. The molecular formula is C42H60N6O9. The van der Waals surface area contributed by atoms with Gasteiger partial charge in [0.05, 0.1) is 32.4 Å². The summed E-state index contributed by atoms with van der Waals surface area (Å²) in [4.78, 5) is 74.1. The summed E-state index contributed by atoms with van der Waals surface area (Å²) in [5.74, 6) is -2.98. The van der Waals surface area contributed by atoms with Gasteiger partial charge in [0.2, 0.25) is 30.2 Å². The highest BCUT2D eigenvalue weighted by molar-refractivity contribution is 6.01. The van der Waals surface area contributed by atoms with Gasteiger partial charge >= 0.3 is 5.97 Å². The molecule has 2 aliphatic rings. The van der Waals surface area contributed by atoms with Crippen molar-refractivity contribution < 1.29 is 43.4 Å². The Morgan fingerprint density at radius 1 is 0.772 bits per heavy atom. The lowest BCUT2D eigenvalue weighted by Gasteiger charge is -2.29. The molecule has 5 atom stereocenters. The van der Waals surface area contributed by atoms with E-state index < -0.39 is 60.1 Å². The first-order valence-electron chi connectivity index (χ1n) is 19.9. The van der Waals surface area contributed by atoms with Crippen molar-refractivity contribution in [3.8, 4) is 0 Å². The predicted molar refractivity (Wildman–Crippen MR) is 214 cm³/mol. The molecule has 2 fully saturated rings. The normalized spacial score (nSPS) is 19.2. The molecule has 15 nitrogen and oxygen atoms in total. The molecule has 0 radical (unpaired) electrons. The number of nitrogens with one attached hydrogen (secondary N) is 4. The molecule has 2 heterocycles. The van der Waals surface area contributed by atoms with Crippen molar-refractivity contribution in [3.05, 3.63) is 71.8 Å². The summed E-state index contributed by atoms with van der Waals surface area (Å²) in [6, 6.07) is 15.2. The molecule has 2 aliphatic heterocycles. The third kappa shape index (κ3) is 15.5. The standard InChI is InChI=1S/C42H60N6O9/c1-28(2)22-33(38(42(5)27-56-42)47-57-26-37(50)51)44-41(54)35(24-31-14-10-7-11-15-31)46-40(53)34(23-29(3)4)45-39(52)32(17-16-30-12-8-6-9-13-30)43-36(49)25-48-18-20-55-21-19-48/h6-15,28-29,32-35H,16-27H2,1-5H3,(H,43,49)(H,44,54)(H,45,52)(H,46,53)(H,50,51)/b47-38-/t32-,33-,34-,35-,42+/m0/s1. The zero-order valence-corrected chi connectivity index (χ0v) is 33.8. The largest absolute Gasteiger partial charge is 0.479 e. The molecule has 0 bridgehead atoms. The van der Waals surface area contributed by atoms with Crippen molar-refractivity contribution in [1.82, 2.24) is 26.2 Å². The second-order valence-corrected chi connectivity index (χ2v) is 15.8. The van der Waals surface area contributed by atoms with Gasteiger partial charge in [-0.2, -0.15) is 0 Å². The van der Waals surface area contributed by atoms with Crippen LogP contribution in [-0.2, 0) is 51.1 Å². The quantitative estimate of drug-likeness (QED) is 0.0633. The summed E-state index contributed by atoms with van der Waals surface area (Å²) < 4.78 is 11.1. The highest BCUT2D eigenvalue weighted by Crippen LogP contribution is 2.31. The van der Waals surface area contributed by atoms with Crippen LogP contribution < -0.4 is 21.3 Å². The number of carbonyl (C=O) groups is 5. The SMILES string of the molecule is CC(C)C[C@H](NC(=O)[C@H](CCc1ccccc1)NC(=O)CN1CCOCC1)C(=O)N[C@@H](Cc1ccccc1)C(=O)N[C@@H](CC(C)C)/C(=N/OCC(=O)O)[C@@]1(C)CO1. The van der Waals surface area contributed by atoms with Crippen LogP contribution in [0.3, 0.4) is 0 Å². The number of benzene rings is 2. The van der Waals surface area contributed by atoms with E-state index in [1.165, 1.54) is 0 Å². The number of aryl methyl sites for hydroxylation is 1. The van der Waals surface area contributed by atoms with E-state index in [4.69, 9.17) is 19.4 Å². The Morgan fingerprint density at radius 3 is 1.88 bits per heavy atom. The van der Waals surface area contributed by atoms with E-state index in [9.17, 15) is 24.0 Å². The number of carboxylic acids is 1. The van der Waals surface area contributed by atoms with Gasteiger partial charge in [-0.05, 0) is 55.6 Å². The highest BCUT2D eigenvalue weighted by atomic mass is 16.6. The van der Waals surface area contributed by atoms with Crippen LogP contribution in [0.1, 0.15) is 65.0 Å². The average Bonchev–Trinajstić information content (AvgIpc) is 3.92. The van der Waals surface area contributed by atoms with Crippen LogP contribution in [0.2, 0.25) is 0 Å². The van der Waals surface area contributed by atoms with Gasteiger partial charge in [0, 0.05) is 19.5 Å². The number of nitrogens with zero attached hydrogens (tertiary/aromatic N) is 2. The van der Waals surface area contributed by atoms with E-state index in [1.54, 1.807) is 6.92 Å². The van der Waals surface area contributed by atoms with Gasteiger partial charge < -0.3 is 40.7 Å². The third-order valence-electron chi connectivity index (χ3n) is 9.77. The van der Waals surface area contributed by atoms with Gasteiger partial charge in [-0.3, -0.25) is 24.1 Å². The first-order chi connectivity index (χ1) is 27.2. The van der Waals surface area contributed by atoms with Crippen molar-refractivity contribution >= 4 is 35.3 Å². The molecule has 2 aromatic carbocycles. The number of carboxylic acid groups (broad SMARTS) is 1. The summed E-state index contributed by atoms with van der Waals surface area (Å²) in [6.45, 7) is 11.7. The predicted octanol–water partition coefficient (Wildman–Crippen LogP) is 2.47. The van der Waals surface area contributed by atoms with Crippen molar-refractivity contribution in [2.24, 2.45) is 17.0 Å². The summed E-state index contributed by atoms with van der Waals surface area (Å²) in [6.07, 6.45) is 1.67. The Morgan fingerprint density at radius 2 is 1.30 bits per heavy atom. The third-order valence-corrected chi connectivity index (χ3v) is 9.77. The van der Waals surface area contributed by atoms with Crippen LogP contribution in [0.5, 0.6) is 0 Å². The summed E-state index contributed by atoms with van der Waals surface area (Å²) >= 11 is 0. The smallest absolute Gasteiger partial charge is 0.344 e. The van der Waals surface area contributed by atoms with Gasteiger partial charge in [0.1, 0.15) is 29.4 Å². The molecule has 0 saturated carbocycles. The number of morpholine rings is 1. The lowest BCUT2D eigenvalue weighted by molar-refractivity contribution is -0.142. The molecule has 0 aliphatic carbocycles. The lowest BCUT2D eigenvalue weighted by atomic mass is 9.92. The number of aliphatic carboxylic acids is 1. The Bertz CT molecular complexity index is 1650. The average molecular weight is 793 g/mol. The highest BCUT2D eigenvalue weighted by Gasteiger charge is 2.49. The van der Waals surface area contributed by atoms with Crippen LogP contribution in [0, 0.1) is 11.8 Å². The van der Waals surface area contributed by atoms with Crippen molar-refractivity contribution in [3.63, 3.8) is 0 Å². The number of epoxide rings is 1. The number of ether oxygens (including phenoxy) is 2. The van der Waals surface area contributed by atoms with E-state index in [-0.39, 0.29) is 37.1 Å². The topological polar surface area (TPSA) is 200 Å². The van der Waals surface area contributed by atoms with Gasteiger partial charge in [-0.15, -0.1) is 0 Å². The van der Waals surface area contributed by atoms with Gasteiger partial charge in [-0.25, -0.2) is 4.79 Å².